The van der Waals surface area contributed by atoms with Gasteiger partial charge >= 0.3 is 5.97 Å². The molecule has 1 aromatic carbocycles. The second-order valence-electron chi connectivity index (χ2n) is 5.14. The Labute approximate surface area is 131 Å². The SMILES string of the molecule is COCC(CC(=O)OC)N(Cc1ccccc1)CC(O)CO. The molecule has 1 aromatic rings. The van der Waals surface area contributed by atoms with Crippen LogP contribution in [0.2, 0.25) is 0 Å². The summed E-state index contributed by atoms with van der Waals surface area (Å²) in [6.07, 6.45) is -0.712. The standard InChI is InChI=1S/C16H25NO5/c1-21-12-14(8-16(20)22-2)17(10-15(19)11-18)9-13-6-4-3-5-7-13/h3-7,14-15,18-19H,8-12H2,1-2H3. The Balaban J connectivity index is 2.86. The highest BCUT2D eigenvalue weighted by molar-refractivity contribution is 5.69. The first kappa shape index (κ1) is 18.6. The van der Waals surface area contributed by atoms with E-state index in [2.05, 4.69) is 0 Å². The zero-order valence-corrected chi connectivity index (χ0v) is 13.1. The van der Waals surface area contributed by atoms with E-state index in [1.165, 1.54) is 7.11 Å². The molecule has 6 heteroatoms. The molecule has 0 amide bonds. The molecule has 0 saturated heterocycles. The van der Waals surface area contributed by atoms with Crippen LogP contribution in [0, 0.1) is 0 Å². The number of nitrogens with zero attached hydrogens (tertiary/aromatic N) is 1. The van der Waals surface area contributed by atoms with Crippen LogP contribution in [0.4, 0.5) is 0 Å². The lowest BCUT2D eigenvalue weighted by atomic mass is 10.1. The van der Waals surface area contributed by atoms with Crippen molar-refractivity contribution < 1.29 is 24.5 Å². The van der Waals surface area contributed by atoms with E-state index in [0.717, 1.165) is 5.56 Å². The third kappa shape index (κ3) is 6.53. The molecule has 0 aliphatic carbocycles. The number of benzene rings is 1. The lowest BCUT2D eigenvalue weighted by molar-refractivity contribution is -0.143. The average Bonchev–Trinajstić information content (AvgIpc) is 2.54. The van der Waals surface area contributed by atoms with Crippen LogP contribution in [0.5, 0.6) is 0 Å². The normalized spacial score (nSPS) is 13.9. The maximum Gasteiger partial charge on any atom is 0.307 e. The summed E-state index contributed by atoms with van der Waals surface area (Å²) >= 11 is 0. The Hall–Kier alpha value is -1.47. The maximum atomic E-state index is 11.6. The summed E-state index contributed by atoms with van der Waals surface area (Å²) in [6.45, 7) is 0.794. The van der Waals surface area contributed by atoms with Crippen LogP contribution in [-0.2, 0) is 20.8 Å². The summed E-state index contributed by atoms with van der Waals surface area (Å²) < 4.78 is 9.92. The Morgan fingerprint density at radius 2 is 1.95 bits per heavy atom. The van der Waals surface area contributed by atoms with Gasteiger partial charge in [-0.3, -0.25) is 9.69 Å². The van der Waals surface area contributed by atoms with Gasteiger partial charge in [-0.25, -0.2) is 0 Å². The van der Waals surface area contributed by atoms with Crippen molar-refractivity contribution in [1.82, 2.24) is 4.90 Å². The number of hydrogen-bond acceptors (Lipinski definition) is 6. The van der Waals surface area contributed by atoms with E-state index < -0.39 is 6.10 Å². The van der Waals surface area contributed by atoms with Gasteiger partial charge in [0, 0.05) is 26.2 Å². The first-order valence-electron chi connectivity index (χ1n) is 7.23. The van der Waals surface area contributed by atoms with Crippen LogP contribution in [0.1, 0.15) is 12.0 Å². The molecule has 0 fully saturated rings. The van der Waals surface area contributed by atoms with Crippen molar-refractivity contribution in [2.75, 3.05) is 34.0 Å². The summed E-state index contributed by atoms with van der Waals surface area (Å²) in [7, 11) is 2.91. The summed E-state index contributed by atoms with van der Waals surface area (Å²) in [5, 5.41) is 18.9. The lowest BCUT2D eigenvalue weighted by Crippen LogP contribution is -2.44. The number of esters is 1. The fourth-order valence-corrected chi connectivity index (χ4v) is 2.25. The number of aliphatic hydroxyl groups excluding tert-OH is 2. The Bertz CT molecular complexity index is 426. The minimum Gasteiger partial charge on any atom is -0.469 e. The minimum atomic E-state index is -0.874. The van der Waals surface area contributed by atoms with Crippen LogP contribution in [0.3, 0.4) is 0 Å². The van der Waals surface area contributed by atoms with Gasteiger partial charge in [0.15, 0.2) is 0 Å². The second-order valence-corrected chi connectivity index (χ2v) is 5.14. The number of rotatable bonds is 10. The molecule has 2 N–H and O–H groups in total. The van der Waals surface area contributed by atoms with Gasteiger partial charge in [0.2, 0.25) is 0 Å². The molecule has 0 aromatic heterocycles. The monoisotopic (exact) mass is 311 g/mol. The van der Waals surface area contributed by atoms with Gasteiger partial charge in [0.25, 0.3) is 0 Å². The first-order valence-corrected chi connectivity index (χ1v) is 7.23. The second kappa shape index (κ2) is 10.3. The molecule has 0 radical (unpaired) electrons. The largest absolute Gasteiger partial charge is 0.469 e. The molecular formula is C16H25NO5. The molecule has 0 heterocycles. The topological polar surface area (TPSA) is 79.2 Å². The van der Waals surface area contributed by atoms with Crippen LogP contribution in [-0.4, -0.2) is 67.2 Å². The Kier molecular flexibility index (Phi) is 8.69. The molecule has 0 saturated carbocycles. The molecule has 0 aliphatic heterocycles. The molecule has 2 atom stereocenters. The van der Waals surface area contributed by atoms with Crippen molar-refractivity contribution in [1.29, 1.82) is 0 Å². The number of carbonyl (C=O) groups excluding carboxylic acids is 1. The fraction of sp³-hybridized carbons (Fsp3) is 0.562. The van der Waals surface area contributed by atoms with Gasteiger partial charge < -0.3 is 19.7 Å². The molecular weight excluding hydrogens is 286 g/mol. The summed E-state index contributed by atoms with van der Waals surface area (Å²) in [4.78, 5) is 13.5. The van der Waals surface area contributed by atoms with Gasteiger partial charge in [-0.2, -0.15) is 0 Å². The highest BCUT2D eigenvalue weighted by Crippen LogP contribution is 2.13. The van der Waals surface area contributed by atoms with Crippen molar-refractivity contribution in [2.24, 2.45) is 0 Å². The van der Waals surface area contributed by atoms with Crippen LogP contribution < -0.4 is 0 Å². The van der Waals surface area contributed by atoms with Gasteiger partial charge in [-0.1, -0.05) is 30.3 Å². The van der Waals surface area contributed by atoms with Gasteiger partial charge in [0.1, 0.15) is 0 Å². The number of carbonyl (C=O) groups is 1. The van der Waals surface area contributed by atoms with Gasteiger partial charge in [-0.05, 0) is 5.56 Å². The molecule has 6 nitrogen and oxygen atoms in total. The van der Waals surface area contributed by atoms with Crippen LogP contribution >= 0.6 is 0 Å². The van der Waals surface area contributed by atoms with Gasteiger partial charge in [0.05, 0.1) is 32.8 Å². The smallest absolute Gasteiger partial charge is 0.307 e. The summed E-state index contributed by atoms with van der Waals surface area (Å²) in [5.74, 6) is -0.335. The predicted molar refractivity (Wildman–Crippen MR) is 82.2 cm³/mol. The van der Waals surface area contributed by atoms with Crippen molar-refractivity contribution in [3.8, 4) is 0 Å². The molecule has 0 aliphatic rings. The molecule has 22 heavy (non-hydrogen) atoms. The van der Waals surface area contributed by atoms with E-state index >= 15 is 0 Å². The third-order valence-electron chi connectivity index (χ3n) is 3.39. The number of hydrogen-bond donors (Lipinski definition) is 2. The highest BCUT2D eigenvalue weighted by atomic mass is 16.5. The highest BCUT2D eigenvalue weighted by Gasteiger charge is 2.24. The predicted octanol–water partition coefficient (Wildman–Crippen LogP) is 0.420. The van der Waals surface area contributed by atoms with Crippen molar-refractivity contribution in [2.45, 2.75) is 25.1 Å². The van der Waals surface area contributed by atoms with Crippen LogP contribution in [0.25, 0.3) is 0 Å². The molecule has 124 valence electrons. The molecule has 1 rings (SSSR count). The fourth-order valence-electron chi connectivity index (χ4n) is 2.25. The van der Waals surface area contributed by atoms with E-state index in [1.807, 2.05) is 35.2 Å². The first-order chi connectivity index (χ1) is 10.6. The van der Waals surface area contributed by atoms with Crippen molar-refractivity contribution in [3.05, 3.63) is 35.9 Å². The van der Waals surface area contributed by atoms with E-state index in [4.69, 9.17) is 14.6 Å². The minimum absolute atomic E-state index is 0.162. The summed E-state index contributed by atoms with van der Waals surface area (Å²) in [6, 6.07) is 9.50. The molecule has 0 spiro atoms. The quantitative estimate of drug-likeness (QED) is 0.610. The Morgan fingerprint density at radius 3 is 2.50 bits per heavy atom. The number of methoxy groups -OCH3 is 2. The Morgan fingerprint density at radius 1 is 1.27 bits per heavy atom. The van der Waals surface area contributed by atoms with Crippen LogP contribution in [0.15, 0.2) is 30.3 Å². The van der Waals surface area contributed by atoms with E-state index in [0.29, 0.717) is 13.2 Å². The zero-order chi connectivity index (χ0) is 16.4. The maximum absolute atomic E-state index is 11.6. The van der Waals surface area contributed by atoms with Crippen molar-refractivity contribution in [3.63, 3.8) is 0 Å². The van der Waals surface area contributed by atoms with Gasteiger partial charge in [-0.15, -0.1) is 0 Å². The number of aliphatic hydroxyl groups is 2. The van der Waals surface area contributed by atoms with Crippen molar-refractivity contribution >= 4 is 5.97 Å². The molecule has 2 unspecified atom stereocenters. The van der Waals surface area contributed by atoms with E-state index in [1.54, 1.807) is 7.11 Å². The summed E-state index contributed by atoms with van der Waals surface area (Å²) in [5.41, 5.74) is 1.05. The average molecular weight is 311 g/mol. The van der Waals surface area contributed by atoms with E-state index in [-0.39, 0.29) is 31.6 Å². The lowest BCUT2D eigenvalue weighted by Gasteiger charge is -2.32. The zero-order valence-electron chi connectivity index (χ0n) is 13.1. The molecule has 0 bridgehead atoms. The number of ether oxygens (including phenoxy) is 2. The van der Waals surface area contributed by atoms with E-state index in [9.17, 15) is 9.90 Å². The third-order valence-corrected chi connectivity index (χ3v) is 3.39.